The van der Waals surface area contributed by atoms with E-state index in [4.69, 9.17) is 5.11 Å². The number of ketones is 1. The van der Waals surface area contributed by atoms with Crippen LogP contribution in [-0.4, -0.2) is 10.9 Å². The lowest BCUT2D eigenvalue weighted by molar-refractivity contribution is -0.115. The fourth-order valence-corrected chi connectivity index (χ4v) is 1.03. The van der Waals surface area contributed by atoms with Crippen LogP contribution in [0.4, 0.5) is 0 Å². The van der Waals surface area contributed by atoms with Gasteiger partial charge in [0, 0.05) is 12.0 Å². The Morgan fingerprint density at radius 3 is 2.92 bits per heavy atom. The summed E-state index contributed by atoms with van der Waals surface area (Å²) in [5.74, 6) is 0.347. The van der Waals surface area contributed by atoms with Crippen molar-refractivity contribution in [3.8, 4) is 0 Å². The lowest BCUT2D eigenvalue weighted by atomic mass is 10.1. The summed E-state index contributed by atoms with van der Waals surface area (Å²) in [5.41, 5.74) is 0.692. The minimum atomic E-state index is 0.120. The Labute approximate surface area is 71.9 Å². The minimum Gasteiger partial charge on any atom is -0.508 e. The molecule has 0 amide bonds. The maximum absolute atomic E-state index is 11.2. The number of Topliss-reactive ketones (excluding diaryl/α,β-unsaturated/α-hetero) is 1. The van der Waals surface area contributed by atoms with Gasteiger partial charge in [0.15, 0.2) is 5.78 Å². The van der Waals surface area contributed by atoms with Gasteiger partial charge in [-0.1, -0.05) is 13.0 Å². The van der Waals surface area contributed by atoms with Crippen molar-refractivity contribution in [1.29, 1.82) is 0 Å². The highest BCUT2D eigenvalue weighted by Crippen LogP contribution is 2.10. The second-order valence-corrected chi connectivity index (χ2v) is 2.63. The molecular formula is C10H12O2. The Morgan fingerprint density at radius 1 is 1.50 bits per heavy atom. The summed E-state index contributed by atoms with van der Waals surface area (Å²) >= 11 is 0. The quantitative estimate of drug-likeness (QED) is 0.679. The van der Waals surface area contributed by atoms with Crippen LogP contribution < -0.4 is 0 Å². The zero-order valence-electron chi connectivity index (χ0n) is 7.08. The number of aliphatic hydroxyl groups is 1. The van der Waals surface area contributed by atoms with E-state index in [1.165, 1.54) is 0 Å². The van der Waals surface area contributed by atoms with Crippen molar-refractivity contribution in [1.82, 2.24) is 0 Å². The van der Waals surface area contributed by atoms with E-state index in [0.29, 0.717) is 18.4 Å². The molecule has 0 heterocycles. The van der Waals surface area contributed by atoms with E-state index in [9.17, 15) is 4.79 Å². The highest BCUT2D eigenvalue weighted by molar-refractivity contribution is 5.97. The Morgan fingerprint density at radius 2 is 2.25 bits per heavy atom. The van der Waals surface area contributed by atoms with Gasteiger partial charge in [0.25, 0.3) is 0 Å². The van der Waals surface area contributed by atoms with Gasteiger partial charge >= 0.3 is 0 Å². The lowest BCUT2D eigenvalue weighted by Gasteiger charge is -1.94. The average Bonchev–Trinajstić information content (AvgIpc) is 2.29. The third kappa shape index (κ3) is 2.09. The molecule has 0 saturated heterocycles. The number of carbonyl (C=O) groups is 1. The van der Waals surface area contributed by atoms with Crippen molar-refractivity contribution in [3.05, 3.63) is 35.6 Å². The summed E-state index contributed by atoms with van der Waals surface area (Å²) in [6, 6.07) is 0. The van der Waals surface area contributed by atoms with Gasteiger partial charge in [-0.25, -0.2) is 0 Å². The van der Waals surface area contributed by atoms with Crippen molar-refractivity contribution < 1.29 is 9.90 Å². The molecule has 0 aromatic rings. The molecule has 0 fully saturated rings. The molecule has 0 atom stereocenters. The monoisotopic (exact) mass is 164 g/mol. The van der Waals surface area contributed by atoms with Crippen LogP contribution >= 0.6 is 0 Å². The van der Waals surface area contributed by atoms with Gasteiger partial charge in [0.05, 0.1) is 0 Å². The van der Waals surface area contributed by atoms with Crippen LogP contribution in [-0.2, 0) is 4.79 Å². The number of allylic oxidation sites excluding steroid dienone is 5. The molecule has 1 N–H and O–H groups in total. The van der Waals surface area contributed by atoms with Crippen LogP contribution in [0, 0.1) is 0 Å². The molecule has 64 valence electrons. The molecule has 1 rings (SSSR count). The first-order valence-corrected chi connectivity index (χ1v) is 4.04. The van der Waals surface area contributed by atoms with Crippen LogP contribution in [0.5, 0.6) is 0 Å². The van der Waals surface area contributed by atoms with Crippen molar-refractivity contribution in [2.24, 2.45) is 0 Å². The van der Waals surface area contributed by atoms with E-state index < -0.39 is 0 Å². The van der Waals surface area contributed by atoms with Gasteiger partial charge in [-0.15, -0.1) is 0 Å². The first-order chi connectivity index (χ1) is 5.74. The molecule has 0 radical (unpaired) electrons. The number of carbonyl (C=O) groups excluding carboxylic acids is 1. The van der Waals surface area contributed by atoms with E-state index in [2.05, 4.69) is 0 Å². The molecule has 0 aliphatic heterocycles. The number of hydrogen-bond donors (Lipinski definition) is 1. The van der Waals surface area contributed by atoms with E-state index in [-0.39, 0.29) is 11.5 Å². The molecule has 0 aromatic carbocycles. The second-order valence-electron chi connectivity index (χ2n) is 2.63. The average molecular weight is 164 g/mol. The summed E-state index contributed by atoms with van der Waals surface area (Å²) in [5, 5.41) is 9.09. The van der Waals surface area contributed by atoms with E-state index in [1.807, 2.05) is 13.0 Å². The Bertz CT molecular complexity index is 270. The zero-order chi connectivity index (χ0) is 8.97. The normalized spacial score (nSPS) is 16.4. The molecule has 0 bridgehead atoms. The summed E-state index contributed by atoms with van der Waals surface area (Å²) in [6.07, 6.45) is 7.84. The summed E-state index contributed by atoms with van der Waals surface area (Å²) in [7, 11) is 0. The van der Waals surface area contributed by atoms with Gasteiger partial charge in [0.1, 0.15) is 5.76 Å². The van der Waals surface area contributed by atoms with Crippen molar-refractivity contribution >= 4 is 5.78 Å². The van der Waals surface area contributed by atoms with Crippen LogP contribution in [0.3, 0.4) is 0 Å². The molecule has 0 spiro atoms. The fraction of sp³-hybridized carbons (Fsp3) is 0.300. The van der Waals surface area contributed by atoms with Gasteiger partial charge in [0.2, 0.25) is 0 Å². The Kier molecular flexibility index (Phi) is 2.86. The predicted molar refractivity (Wildman–Crippen MR) is 47.8 cm³/mol. The summed E-state index contributed by atoms with van der Waals surface area (Å²) < 4.78 is 0. The Hall–Kier alpha value is -1.31. The van der Waals surface area contributed by atoms with Gasteiger partial charge in [-0.3, -0.25) is 4.79 Å². The van der Waals surface area contributed by atoms with E-state index in [0.717, 1.165) is 0 Å². The van der Waals surface area contributed by atoms with Crippen molar-refractivity contribution in [2.75, 3.05) is 0 Å². The molecule has 0 saturated carbocycles. The smallest absolute Gasteiger partial charge is 0.162 e. The summed E-state index contributed by atoms with van der Waals surface area (Å²) in [4.78, 5) is 11.2. The van der Waals surface area contributed by atoms with Crippen LogP contribution in [0.15, 0.2) is 35.6 Å². The molecule has 12 heavy (non-hydrogen) atoms. The van der Waals surface area contributed by atoms with Crippen LogP contribution in [0.2, 0.25) is 0 Å². The molecule has 1 aliphatic carbocycles. The topological polar surface area (TPSA) is 37.3 Å². The molecule has 1 aliphatic rings. The standard InChI is InChI=1S/C10H12O2/c1-2-10(12)8-4-3-5-9(11)7-6-8/h4-7,11H,2-3H2,1H3. The third-order valence-corrected chi connectivity index (χ3v) is 1.74. The number of rotatable bonds is 2. The molecule has 2 nitrogen and oxygen atoms in total. The van der Waals surface area contributed by atoms with Crippen LogP contribution in [0.25, 0.3) is 0 Å². The highest BCUT2D eigenvalue weighted by Gasteiger charge is 2.04. The zero-order valence-corrected chi connectivity index (χ0v) is 7.08. The first-order valence-electron chi connectivity index (χ1n) is 4.04. The molecule has 2 heteroatoms. The van der Waals surface area contributed by atoms with Gasteiger partial charge in [-0.05, 0) is 24.6 Å². The molecule has 0 aromatic heterocycles. The fourth-order valence-electron chi connectivity index (χ4n) is 1.03. The van der Waals surface area contributed by atoms with Crippen molar-refractivity contribution in [2.45, 2.75) is 19.8 Å². The first kappa shape index (κ1) is 8.78. The minimum absolute atomic E-state index is 0.120. The lowest BCUT2D eigenvalue weighted by Crippen LogP contribution is -1.96. The largest absolute Gasteiger partial charge is 0.508 e. The number of hydrogen-bond acceptors (Lipinski definition) is 2. The van der Waals surface area contributed by atoms with Crippen LogP contribution in [0.1, 0.15) is 19.8 Å². The maximum atomic E-state index is 11.2. The summed E-state index contributed by atoms with van der Waals surface area (Å²) in [6.45, 7) is 1.83. The van der Waals surface area contributed by atoms with Gasteiger partial charge < -0.3 is 5.11 Å². The van der Waals surface area contributed by atoms with E-state index >= 15 is 0 Å². The second kappa shape index (κ2) is 3.90. The van der Waals surface area contributed by atoms with Gasteiger partial charge in [-0.2, -0.15) is 0 Å². The predicted octanol–water partition coefficient (Wildman–Crippen LogP) is 2.29. The number of aliphatic hydroxyl groups excluding tert-OH is 1. The van der Waals surface area contributed by atoms with Crippen molar-refractivity contribution in [3.63, 3.8) is 0 Å². The van der Waals surface area contributed by atoms with E-state index in [1.54, 1.807) is 18.2 Å². The Balaban J connectivity index is 2.77. The maximum Gasteiger partial charge on any atom is 0.162 e. The third-order valence-electron chi connectivity index (χ3n) is 1.74. The highest BCUT2D eigenvalue weighted by atomic mass is 16.3. The molecular weight excluding hydrogens is 152 g/mol. The molecule has 0 unspecified atom stereocenters. The SMILES string of the molecule is CCC(=O)C1=CCC=C(O)C=C1.